The molecule has 1 saturated carbocycles. The van der Waals surface area contributed by atoms with Gasteiger partial charge in [0.25, 0.3) is 0 Å². The van der Waals surface area contributed by atoms with Crippen LogP contribution in [0, 0.1) is 16.7 Å². The van der Waals surface area contributed by atoms with E-state index in [-0.39, 0.29) is 0 Å². The van der Waals surface area contributed by atoms with Crippen molar-refractivity contribution in [1.82, 2.24) is 15.1 Å². The summed E-state index contributed by atoms with van der Waals surface area (Å²) in [5.41, 5.74) is 2.03. The number of halogens is 1. The summed E-state index contributed by atoms with van der Waals surface area (Å²) in [4.78, 5) is 0. The van der Waals surface area contributed by atoms with Crippen molar-refractivity contribution in [3.63, 3.8) is 0 Å². The minimum Gasteiger partial charge on any atom is -0.308 e. The number of hydrogen-bond acceptors (Lipinski definition) is 2. The molecule has 0 bridgehead atoms. The van der Waals surface area contributed by atoms with Crippen LogP contribution < -0.4 is 5.32 Å². The van der Waals surface area contributed by atoms with Crippen LogP contribution in [0.3, 0.4) is 0 Å². The molecule has 1 unspecified atom stereocenters. The molecule has 0 radical (unpaired) electrons. The molecule has 1 heterocycles. The predicted molar refractivity (Wildman–Crippen MR) is 87.7 cm³/mol. The Balaban J connectivity index is 2.37. The molecule has 0 aliphatic heterocycles. The average molecular weight is 342 g/mol. The van der Waals surface area contributed by atoms with E-state index < -0.39 is 0 Å². The van der Waals surface area contributed by atoms with Gasteiger partial charge in [0.05, 0.1) is 22.4 Å². The topological polar surface area (TPSA) is 29.9 Å². The summed E-state index contributed by atoms with van der Waals surface area (Å²) in [6.07, 6.45) is 3.09. The van der Waals surface area contributed by atoms with Crippen LogP contribution in [0.4, 0.5) is 0 Å². The molecule has 3 nitrogen and oxygen atoms in total. The van der Waals surface area contributed by atoms with Gasteiger partial charge in [0.2, 0.25) is 0 Å². The molecule has 0 spiro atoms. The molecule has 1 fully saturated rings. The van der Waals surface area contributed by atoms with E-state index in [1.807, 2.05) is 6.20 Å². The fourth-order valence-corrected chi connectivity index (χ4v) is 4.23. The van der Waals surface area contributed by atoms with Crippen molar-refractivity contribution in [2.75, 3.05) is 6.54 Å². The second-order valence-corrected chi connectivity index (χ2v) is 7.90. The first-order valence-electron chi connectivity index (χ1n) is 7.73. The fraction of sp³-hybridized carbons (Fsp3) is 0.812. The number of aryl methyl sites for hydroxylation is 1. The summed E-state index contributed by atoms with van der Waals surface area (Å²) in [6.45, 7) is 15.9. The Labute approximate surface area is 131 Å². The number of aromatic nitrogens is 2. The van der Waals surface area contributed by atoms with Gasteiger partial charge in [0.15, 0.2) is 0 Å². The van der Waals surface area contributed by atoms with Gasteiger partial charge in [-0.2, -0.15) is 5.10 Å². The van der Waals surface area contributed by atoms with Crippen LogP contribution in [0.25, 0.3) is 0 Å². The van der Waals surface area contributed by atoms with Crippen LogP contribution >= 0.6 is 15.9 Å². The van der Waals surface area contributed by atoms with Crippen molar-refractivity contribution in [2.24, 2.45) is 16.7 Å². The molecule has 0 saturated heterocycles. The SMILES string of the molecule is CCCNC(c1c(Br)cnn1CC)C1C(C)(C)C1(C)C. The lowest BCUT2D eigenvalue weighted by molar-refractivity contribution is 0.382. The lowest BCUT2D eigenvalue weighted by Crippen LogP contribution is -2.28. The molecule has 0 aromatic carbocycles. The van der Waals surface area contributed by atoms with Crippen LogP contribution in [0.5, 0.6) is 0 Å². The van der Waals surface area contributed by atoms with Crippen molar-refractivity contribution < 1.29 is 0 Å². The van der Waals surface area contributed by atoms with Crippen LogP contribution in [-0.2, 0) is 6.54 Å². The van der Waals surface area contributed by atoms with Gasteiger partial charge < -0.3 is 5.32 Å². The van der Waals surface area contributed by atoms with E-state index in [4.69, 9.17) is 0 Å². The van der Waals surface area contributed by atoms with Gasteiger partial charge >= 0.3 is 0 Å². The van der Waals surface area contributed by atoms with Crippen molar-refractivity contribution in [3.8, 4) is 0 Å². The van der Waals surface area contributed by atoms with Crippen LogP contribution in [0.2, 0.25) is 0 Å². The zero-order chi connectivity index (χ0) is 15.1. The van der Waals surface area contributed by atoms with Crippen molar-refractivity contribution >= 4 is 15.9 Å². The Morgan fingerprint density at radius 3 is 2.35 bits per heavy atom. The number of rotatable bonds is 6. The first-order valence-corrected chi connectivity index (χ1v) is 8.52. The highest BCUT2D eigenvalue weighted by Gasteiger charge is 2.67. The van der Waals surface area contributed by atoms with E-state index in [2.05, 4.69) is 72.6 Å². The molecule has 1 N–H and O–H groups in total. The van der Waals surface area contributed by atoms with Crippen molar-refractivity contribution in [1.29, 1.82) is 0 Å². The van der Waals surface area contributed by atoms with E-state index in [9.17, 15) is 0 Å². The molecular weight excluding hydrogens is 314 g/mol. The zero-order valence-corrected chi connectivity index (χ0v) is 15.2. The van der Waals surface area contributed by atoms with Gasteiger partial charge in [-0.1, -0.05) is 34.6 Å². The summed E-state index contributed by atoms with van der Waals surface area (Å²) in [6, 6.07) is 0.372. The zero-order valence-electron chi connectivity index (χ0n) is 13.6. The predicted octanol–water partition coefficient (Wildman–Crippen LogP) is 4.39. The smallest absolute Gasteiger partial charge is 0.0698 e. The Morgan fingerprint density at radius 1 is 1.30 bits per heavy atom. The van der Waals surface area contributed by atoms with Gasteiger partial charge in [0, 0.05) is 6.54 Å². The third kappa shape index (κ3) is 2.35. The molecule has 4 heteroatoms. The average Bonchev–Trinajstić information content (AvgIpc) is 2.68. The number of nitrogens with one attached hydrogen (secondary N) is 1. The fourth-order valence-electron chi connectivity index (χ4n) is 3.69. The van der Waals surface area contributed by atoms with Gasteiger partial charge in [-0.25, -0.2) is 0 Å². The highest BCUT2D eigenvalue weighted by Crippen LogP contribution is 2.72. The lowest BCUT2D eigenvalue weighted by Gasteiger charge is -2.22. The highest BCUT2D eigenvalue weighted by molar-refractivity contribution is 9.10. The second kappa shape index (κ2) is 5.45. The maximum atomic E-state index is 4.50. The lowest BCUT2D eigenvalue weighted by atomic mass is 10.0. The molecule has 0 amide bonds. The van der Waals surface area contributed by atoms with E-state index in [0.29, 0.717) is 22.8 Å². The van der Waals surface area contributed by atoms with E-state index in [0.717, 1.165) is 24.0 Å². The largest absolute Gasteiger partial charge is 0.308 e. The Bertz CT molecular complexity index is 462. The molecule has 2 rings (SSSR count). The van der Waals surface area contributed by atoms with Gasteiger partial charge in [0.1, 0.15) is 0 Å². The van der Waals surface area contributed by atoms with Crippen LogP contribution in [0.15, 0.2) is 10.7 Å². The summed E-state index contributed by atoms with van der Waals surface area (Å²) in [7, 11) is 0. The first-order chi connectivity index (χ1) is 9.29. The second-order valence-electron chi connectivity index (χ2n) is 7.05. The summed E-state index contributed by atoms with van der Waals surface area (Å²) >= 11 is 3.70. The minimum absolute atomic E-state index is 0.362. The molecule has 1 aliphatic rings. The summed E-state index contributed by atoms with van der Waals surface area (Å²) < 4.78 is 3.26. The van der Waals surface area contributed by atoms with Crippen LogP contribution in [-0.4, -0.2) is 16.3 Å². The van der Waals surface area contributed by atoms with E-state index in [1.54, 1.807) is 0 Å². The molecular formula is C16H28BrN3. The van der Waals surface area contributed by atoms with E-state index in [1.165, 1.54) is 5.69 Å². The minimum atomic E-state index is 0.362. The monoisotopic (exact) mass is 341 g/mol. The Hall–Kier alpha value is -0.350. The van der Waals surface area contributed by atoms with Crippen LogP contribution in [0.1, 0.15) is 59.7 Å². The van der Waals surface area contributed by atoms with Crippen molar-refractivity contribution in [3.05, 3.63) is 16.4 Å². The maximum absolute atomic E-state index is 4.50. The number of nitrogens with zero attached hydrogens (tertiary/aromatic N) is 2. The molecule has 20 heavy (non-hydrogen) atoms. The molecule has 1 atom stereocenters. The third-order valence-corrected chi connectivity index (χ3v) is 6.12. The van der Waals surface area contributed by atoms with Gasteiger partial charge in [-0.05, 0) is 52.6 Å². The number of hydrogen-bond donors (Lipinski definition) is 1. The normalized spacial score (nSPS) is 21.9. The summed E-state index contributed by atoms with van der Waals surface area (Å²) in [5.74, 6) is 0.639. The highest BCUT2D eigenvalue weighted by atomic mass is 79.9. The van der Waals surface area contributed by atoms with Gasteiger partial charge in [-0.3, -0.25) is 4.68 Å². The summed E-state index contributed by atoms with van der Waals surface area (Å²) in [5, 5.41) is 8.27. The first kappa shape index (κ1) is 16.0. The standard InChI is InChI=1S/C16H28BrN3/c1-7-9-18-12(14-15(3,4)16(14,5)6)13-11(17)10-19-20(13)8-2/h10,12,14,18H,7-9H2,1-6H3. The van der Waals surface area contributed by atoms with Crippen molar-refractivity contribution in [2.45, 2.75) is 60.5 Å². The Kier molecular flexibility index (Phi) is 4.37. The molecule has 1 aromatic heterocycles. The molecule has 114 valence electrons. The molecule has 1 aliphatic carbocycles. The van der Waals surface area contributed by atoms with Gasteiger partial charge in [-0.15, -0.1) is 0 Å². The maximum Gasteiger partial charge on any atom is 0.0698 e. The van der Waals surface area contributed by atoms with E-state index >= 15 is 0 Å². The third-order valence-electron chi connectivity index (χ3n) is 5.51. The molecule has 1 aromatic rings. The quantitative estimate of drug-likeness (QED) is 0.831. The Morgan fingerprint density at radius 2 is 1.90 bits per heavy atom.